The van der Waals surface area contributed by atoms with Crippen molar-refractivity contribution in [2.45, 2.75) is 6.92 Å². The third-order valence-electron chi connectivity index (χ3n) is 2.81. The minimum absolute atomic E-state index is 0.0799. The Balaban J connectivity index is 2.66. The molecule has 0 aliphatic rings. The van der Waals surface area contributed by atoms with E-state index in [9.17, 15) is 9.59 Å². The maximum atomic E-state index is 11.8. The molecule has 5 nitrogen and oxygen atoms in total. The fourth-order valence-corrected chi connectivity index (χ4v) is 1.47. The molecule has 0 bridgehead atoms. The van der Waals surface area contributed by atoms with Crippen molar-refractivity contribution in [1.29, 1.82) is 0 Å². The molecule has 5 heteroatoms. The van der Waals surface area contributed by atoms with Gasteiger partial charge in [0.2, 0.25) is 0 Å². The predicted octanol–water partition coefficient (Wildman–Crippen LogP) is 0.713. The molecule has 104 valence electrons. The summed E-state index contributed by atoms with van der Waals surface area (Å²) in [5.74, 6) is 0.0198. The lowest BCUT2D eigenvalue weighted by Crippen LogP contribution is -2.31. The summed E-state index contributed by atoms with van der Waals surface area (Å²) in [5.41, 5.74) is 6.59. The molecule has 0 radical (unpaired) electrons. The molecule has 1 rings (SSSR count). The quantitative estimate of drug-likeness (QED) is 0.821. The number of nitrogens with one attached hydrogen (secondary N) is 1. The number of nitrogens with two attached hydrogens (primary N) is 1. The van der Waals surface area contributed by atoms with Gasteiger partial charge in [-0.25, -0.2) is 0 Å². The van der Waals surface area contributed by atoms with Crippen LogP contribution in [0.4, 0.5) is 0 Å². The van der Waals surface area contributed by atoms with Crippen LogP contribution in [-0.4, -0.2) is 43.9 Å². The van der Waals surface area contributed by atoms with Crippen LogP contribution >= 0.6 is 0 Å². The Morgan fingerprint density at radius 3 is 2.21 bits per heavy atom. The highest BCUT2D eigenvalue weighted by Crippen LogP contribution is 2.06. The summed E-state index contributed by atoms with van der Waals surface area (Å²) in [5, 5.41) is 2.81. The second-order valence-electron chi connectivity index (χ2n) is 4.83. The first kappa shape index (κ1) is 15.2. The Morgan fingerprint density at radius 2 is 1.74 bits per heavy atom. The van der Waals surface area contributed by atoms with E-state index in [-0.39, 0.29) is 17.7 Å². The Hall–Kier alpha value is -1.88. The first-order valence-corrected chi connectivity index (χ1v) is 6.25. The van der Waals surface area contributed by atoms with Gasteiger partial charge < -0.3 is 16.0 Å². The van der Waals surface area contributed by atoms with Gasteiger partial charge in [0.25, 0.3) is 11.8 Å². The number of amides is 2. The molecule has 0 aliphatic heterocycles. The van der Waals surface area contributed by atoms with Crippen molar-refractivity contribution in [2.24, 2.45) is 11.7 Å². The second kappa shape index (κ2) is 6.89. The number of hydrogen-bond donors (Lipinski definition) is 2. The summed E-state index contributed by atoms with van der Waals surface area (Å²) in [7, 11) is 3.38. The van der Waals surface area contributed by atoms with Crippen LogP contribution in [0.3, 0.4) is 0 Å². The molecular weight excluding hydrogens is 242 g/mol. The molecule has 3 N–H and O–H groups in total. The molecule has 1 atom stereocenters. The summed E-state index contributed by atoms with van der Waals surface area (Å²) in [6.07, 6.45) is 0. The first-order chi connectivity index (χ1) is 8.95. The summed E-state index contributed by atoms with van der Waals surface area (Å²) in [6, 6.07) is 6.62. The molecule has 1 aromatic carbocycles. The normalized spacial score (nSPS) is 11.8. The number of nitrogens with zero attached hydrogens (tertiary/aromatic N) is 1. The highest BCUT2D eigenvalue weighted by atomic mass is 16.2. The van der Waals surface area contributed by atoms with Crippen LogP contribution in [0.2, 0.25) is 0 Å². The molecule has 0 heterocycles. The number of carbonyl (C=O) groups is 2. The molecule has 0 spiro atoms. The van der Waals surface area contributed by atoms with Crippen LogP contribution in [0.1, 0.15) is 27.6 Å². The van der Waals surface area contributed by atoms with Gasteiger partial charge in [0.05, 0.1) is 0 Å². The van der Waals surface area contributed by atoms with Gasteiger partial charge in [0, 0.05) is 31.8 Å². The van der Waals surface area contributed by atoms with Gasteiger partial charge in [-0.15, -0.1) is 0 Å². The summed E-state index contributed by atoms with van der Waals surface area (Å²) in [4.78, 5) is 25.0. The van der Waals surface area contributed by atoms with Gasteiger partial charge in [0.1, 0.15) is 0 Å². The molecule has 0 aromatic heterocycles. The third-order valence-corrected chi connectivity index (χ3v) is 2.81. The van der Waals surface area contributed by atoms with Gasteiger partial charge >= 0.3 is 0 Å². The molecule has 1 unspecified atom stereocenters. The van der Waals surface area contributed by atoms with E-state index in [2.05, 4.69) is 5.32 Å². The molecule has 0 aliphatic carbocycles. The SMILES string of the molecule is CC(CN)CNC(=O)c1ccc(C(=O)N(C)C)cc1. The van der Waals surface area contributed by atoms with Crippen molar-refractivity contribution >= 4 is 11.8 Å². The molecule has 0 saturated carbocycles. The number of benzene rings is 1. The Labute approximate surface area is 113 Å². The van der Waals surface area contributed by atoms with Crippen molar-refractivity contribution < 1.29 is 9.59 Å². The Kier molecular flexibility index (Phi) is 5.51. The lowest BCUT2D eigenvalue weighted by molar-refractivity contribution is 0.0826. The average Bonchev–Trinajstić information content (AvgIpc) is 2.43. The molecule has 2 amide bonds. The molecule has 19 heavy (non-hydrogen) atoms. The van der Waals surface area contributed by atoms with E-state index >= 15 is 0 Å². The van der Waals surface area contributed by atoms with Crippen LogP contribution in [0.15, 0.2) is 24.3 Å². The van der Waals surface area contributed by atoms with Crippen molar-refractivity contribution in [1.82, 2.24) is 10.2 Å². The van der Waals surface area contributed by atoms with Gasteiger partial charge in [-0.2, -0.15) is 0 Å². The average molecular weight is 263 g/mol. The number of hydrogen-bond acceptors (Lipinski definition) is 3. The van der Waals surface area contributed by atoms with Crippen molar-refractivity contribution in [3.05, 3.63) is 35.4 Å². The maximum absolute atomic E-state index is 11.8. The third kappa shape index (κ3) is 4.37. The van der Waals surface area contributed by atoms with E-state index in [0.717, 1.165) is 0 Å². The minimum atomic E-state index is -0.149. The largest absolute Gasteiger partial charge is 0.352 e. The lowest BCUT2D eigenvalue weighted by atomic mass is 10.1. The van der Waals surface area contributed by atoms with Crippen molar-refractivity contribution in [3.63, 3.8) is 0 Å². The Bertz CT molecular complexity index is 441. The second-order valence-corrected chi connectivity index (χ2v) is 4.83. The van der Waals surface area contributed by atoms with E-state index in [1.807, 2.05) is 6.92 Å². The molecule has 1 aromatic rings. The topological polar surface area (TPSA) is 75.4 Å². The van der Waals surface area contributed by atoms with Gasteiger partial charge in [0.15, 0.2) is 0 Å². The lowest BCUT2D eigenvalue weighted by Gasteiger charge is -2.12. The highest BCUT2D eigenvalue weighted by Gasteiger charge is 2.10. The minimum Gasteiger partial charge on any atom is -0.352 e. The number of carbonyl (C=O) groups excluding carboxylic acids is 2. The van der Waals surface area contributed by atoms with Crippen LogP contribution in [0.25, 0.3) is 0 Å². The molecule has 0 saturated heterocycles. The maximum Gasteiger partial charge on any atom is 0.253 e. The fourth-order valence-electron chi connectivity index (χ4n) is 1.47. The number of rotatable bonds is 5. The summed E-state index contributed by atoms with van der Waals surface area (Å²) < 4.78 is 0. The van der Waals surface area contributed by atoms with E-state index < -0.39 is 0 Å². The van der Waals surface area contributed by atoms with E-state index in [0.29, 0.717) is 24.2 Å². The van der Waals surface area contributed by atoms with E-state index in [1.165, 1.54) is 4.90 Å². The van der Waals surface area contributed by atoms with Crippen LogP contribution < -0.4 is 11.1 Å². The van der Waals surface area contributed by atoms with Crippen molar-refractivity contribution in [2.75, 3.05) is 27.2 Å². The molecular formula is C14H21N3O2. The molecule has 0 fully saturated rings. The zero-order valence-corrected chi connectivity index (χ0v) is 11.6. The van der Waals surface area contributed by atoms with Crippen LogP contribution in [-0.2, 0) is 0 Å². The van der Waals surface area contributed by atoms with Gasteiger partial charge in [-0.1, -0.05) is 6.92 Å². The van der Waals surface area contributed by atoms with Crippen LogP contribution in [0.5, 0.6) is 0 Å². The standard InChI is InChI=1S/C14H21N3O2/c1-10(8-15)9-16-13(18)11-4-6-12(7-5-11)14(19)17(2)3/h4-7,10H,8-9,15H2,1-3H3,(H,16,18). The first-order valence-electron chi connectivity index (χ1n) is 6.25. The predicted molar refractivity (Wildman–Crippen MR) is 75.0 cm³/mol. The van der Waals surface area contributed by atoms with Crippen LogP contribution in [0, 0.1) is 5.92 Å². The highest BCUT2D eigenvalue weighted by molar-refractivity contribution is 5.97. The summed E-state index contributed by atoms with van der Waals surface area (Å²) in [6.45, 7) is 3.06. The Morgan fingerprint density at radius 1 is 1.21 bits per heavy atom. The van der Waals surface area contributed by atoms with Gasteiger partial charge in [-0.05, 0) is 36.7 Å². The van der Waals surface area contributed by atoms with Gasteiger partial charge in [-0.3, -0.25) is 9.59 Å². The van der Waals surface area contributed by atoms with E-state index in [1.54, 1.807) is 38.4 Å². The van der Waals surface area contributed by atoms with E-state index in [4.69, 9.17) is 5.73 Å². The summed E-state index contributed by atoms with van der Waals surface area (Å²) >= 11 is 0. The fraction of sp³-hybridized carbons (Fsp3) is 0.429. The smallest absolute Gasteiger partial charge is 0.253 e. The van der Waals surface area contributed by atoms with Crippen molar-refractivity contribution in [3.8, 4) is 0 Å². The monoisotopic (exact) mass is 263 g/mol. The zero-order valence-electron chi connectivity index (χ0n) is 11.6. The zero-order chi connectivity index (χ0) is 14.4.